The zero-order chi connectivity index (χ0) is 14.3. The van der Waals surface area contributed by atoms with Crippen LogP contribution in [0.15, 0.2) is 12.3 Å². The van der Waals surface area contributed by atoms with Crippen molar-refractivity contribution in [2.75, 3.05) is 11.9 Å². The number of nitrogens with one attached hydrogen (secondary N) is 1. The first-order valence-electron chi connectivity index (χ1n) is 7.14. The van der Waals surface area contributed by atoms with Gasteiger partial charge in [0.15, 0.2) is 0 Å². The predicted octanol–water partition coefficient (Wildman–Crippen LogP) is 2.02. The normalized spacial score (nSPS) is 28.4. The molecule has 3 heterocycles. The van der Waals surface area contributed by atoms with Gasteiger partial charge in [0.25, 0.3) is 5.69 Å². The van der Waals surface area contributed by atoms with Crippen molar-refractivity contribution in [2.45, 2.75) is 50.7 Å². The van der Waals surface area contributed by atoms with Crippen LogP contribution in [-0.4, -0.2) is 35.1 Å². The molecule has 2 aliphatic heterocycles. The highest BCUT2D eigenvalue weighted by Gasteiger charge is 2.35. The maximum Gasteiger partial charge on any atom is 0.287 e. The van der Waals surface area contributed by atoms with Crippen LogP contribution < -0.4 is 10.2 Å². The Morgan fingerprint density at radius 3 is 2.60 bits per heavy atom. The summed E-state index contributed by atoms with van der Waals surface area (Å²) in [5, 5.41) is 14.4. The molecule has 1 aromatic heterocycles. The molecule has 108 valence electrons. The van der Waals surface area contributed by atoms with Gasteiger partial charge in [-0.2, -0.15) is 0 Å². The maximum absolute atomic E-state index is 10.8. The predicted molar refractivity (Wildman–Crippen MR) is 77.0 cm³/mol. The molecule has 3 rings (SSSR count). The first-order chi connectivity index (χ1) is 9.54. The van der Waals surface area contributed by atoms with Gasteiger partial charge in [0.1, 0.15) is 12.0 Å². The molecule has 0 saturated carbocycles. The summed E-state index contributed by atoms with van der Waals surface area (Å²) >= 11 is 0. The maximum atomic E-state index is 10.8. The first-order valence-corrected chi connectivity index (χ1v) is 7.14. The van der Waals surface area contributed by atoms with Crippen LogP contribution in [0.3, 0.4) is 0 Å². The van der Waals surface area contributed by atoms with E-state index in [2.05, 4.69) is 22.2 Å². The lowest BCUT2D eigenvalue weighted by atomic mass is 9.98. The second kappa shape index (κ2) is 5.01. The summed E-state index contributed by atoms with van der Waals surface area (Å²) in [6.07, 6.45) is 6.15. The SMILES string of the molecule is Cc1cc([N+](=O)[O-])cnc1N(C)C1CC2CCC(C1)N2. The molecule has 2 saturated heterocycles. The molecular formula is C14H20N4O2. The Hall–Kier alpha value is -1.69. The molecule has 6 nitrogen and oxygen atoms in total. The lowest BCUT2D eigenvalue weighted by molar-refractivity contribution is -0.385. The van der Waals surface area contributed by atoms with Gasteiger partial charge in [0, 0.05) is 31.2 Å². The third-order valence-corrected chi connectivity index (χ3v) is 4.58. The summed E-state index contributed by atoms with van der Waals surface area (Å²) in [4.78, 5) is 16.9. The number of hydrogen-bond acceptors (Lipinski definition) is 5. The molecule has 0 radical (unpaired) electrons. The number of aromatic nitrogens is 1. The fourth-order valence-electron chi connectivity index (χ4n) is 3.54. The Morgan fingerprint density at radius 1 is 1.40 bits per heavy atom. The molecule has 2 bridgehead atoms. The average Bonchev–Trinajstić information content (AvgIpc) is 2.76. The number of pyridine rings is 1. The third-order valence-electron chi connectivity index (χ3n) is 4.58. The fourth-order valence-corrected chi connectivity index (χ4v) is 3.54. The Bertz CT molecular complexity index is 522. The van der Waals surface area contributed by atoms with Gasteiger partial charge in [-0.25, -0.2) is 4.98 Å². The summed E-state index contributed by atoms with van der Waals surface area (Å²) in [6, 6.07) is 3.33. The van der Waals surface area contributed by atoms with E-state index in [1.165, 1.54) is 19.0 Å². The van der Waals surface area contributed by atoms with Gasteiger partial charge >= 0.3 is 0 Å². The van der Waals surface area contributed by atoms with Crippen molar-refractivity contribution >= 4 is 11.5 Å². The summed E-state index contributed by atoms with van der Waals surface area (Å²) in [5.74, 6) is 0.863. The van der Waals surface area contributed by atoms with Gasteiger partial charge in [0.05, 0.1) is 4.92 Å². The van der Waals surface area contributed by atoms with Crippen molar-refractivity contribution in [3.63, 3.8) is 0 Å². The molecular weight excluding hydrogens is 256 g/mol. The van der Waals surface area contributed by atoms with E-state index in [0.29, 0.717) is 18.1 Å². The number of nitrogens with zero attached hydrogens (tertiary/aromatic N) is 3. The van der Waals surface area contributed by atoms with Gasteiger partial charge < -0.3 is 10.2 Å². The molecule has 6 heteroatoms. The zero-order valence-corrected chi connectivity index (χ0v) is 11.9. The quantitative estimate of drug-likeness (QED) is 0.675. The van der Waals surface area contributed by atoms with Crippen molar-refractivity contribution in [2.24, 2.45) is 0 Å². The van der Waals surface area contributed by atoms with Crippen molar-refractivity contribution in [3.8, 4) is 0 Å². The van der Waals surface area contributed by atoms with E-state index in [9.17, 15) is 10.1 Å². The molecule has 0 spiro atoms. The summed E-state index contributed by atoms with van der Waals surface area (Å²) in [7, 11) is 2.05. The number of aryl methyl sites for hydroxylation is 1. The molecule has 1 aromatic rings. The Morgan fingerprint density at radius 2 is 2.05 bits per heavy atom. The summed E-state index contributed by atoms with van der Waals surface area (Å²) < 4.78 is 0. The Kier molecular flexibility index (Phi) is 3.33. The van der Waals surface area contributed by atoms with Crippen LogP contribution in [0, 0.1) is 17.0 Å². The summed E-state index contributed by atoms with van der Waals surface area (Å²) in [6.45, 7) is 1.89. The minimum absolute atomic E-state index is 0.0602. The van der Waals surface area contributed by atoms with Crippen LogP contribution in [0.5, 0.6) is 0 Å². The minimum atomic E-state index is -0.394. The second-order valence-electron chi connectivity index (χ2n) is 5.97. The number of nitro groups is 1. The molecule has 2 fully saturated rings. The highest BCUT2D eigenvalue weighted by molar-refractivity contribution is 5.50. The molecule has 20 heavy (non-hydrogen) atoms. The van der Waals surface area contributed by atoms with Crippen molar-refractivity contribution in [3.05, 3.63) is 27.9 Å². The van der Waals surface area contributed by atoms with Crippen LogP contribution >= 0.6 is 0 Å². The molecule has 2 unspecified atom stereocenters. The van der Waals surface area contributed by atoms with Gasteiger partial charge in [0.2, 0.25) is 0 Å². The smallest absolute Gasteiger partial charge is 0.287 e. The number of fused-ring (bicyclic) bond motifs is 2. The van der Waals surface area contributed by atoms with Crippen LogP contribution in [0.25, 0.3) is 0 Å². The molecule has 2 aliphatic rings. The fraction of sp³-hybridized carbons (Fsp3) is 0.643. The number of piperidine rings is 1. The van der Waals surface area contributed by atoms with E-state index >= 15 is 0 Å². The second-order valence-corrected chi connectivity index (χ2v) is 5.97. The number of anilines is 1. The molecule has 1 N–H and O–H groups in total. The van der Waals surface area contributed by atoms with Crippen molar-refractivity contribution in [1.82, 2.24) is 10.3 Å². The van der Waals surface area contributed by atoms with Gasteiger partial charge in [-0.1, -0.05) is 0 Å². The third kappa shape index (κ3) is 2.35. The van der Waals surface area contributed by atoms with Crippen LogP contribution in [-0.2, 0) is 0 Å². The topological polar surface area (TPSA) is 71.3 Å². The molecule has 0 amide bonds. The minimum Gasteiger partial charge on any atom is -0.356 e. The highest BCUT2D eigenvalue weighted by Crippen LogP contribution is 2.32. The Labute approximate surface area is 118 Å². The van der Waals surface area contributed by atoms with Gasteiger partial charge in [-0.05, 0) is 38.2 Å². The average molecular weight is 276 g/mol. The lowest BCUT2D eigenvalue weighted by Gasteiger charge is -2.36. The highest BCUT2D eigenvalue weighted by atomic mass is 16.6. The molecule has 2 atom stereocenters. The lowest BCUT2D eigenvalue weighted by Crippen LogP contribution is -2.47. The summed E-state index contributed by atoms with van der Waals surface area (Å²) in [5.41, 5.74) is 0.928. The monoisotopic (exact) mass is 276 g/mol. The number of rotatable bonds is 3. The number of hydrogen-bond donors (Lipinski definition) is 1. The van der Waals surface area contributed by atoms with Gasteiger partial charge in [-0.15, -0.1) is 0 Å². The van der Waals surface area contributed by atoms with Crippen LogP contribution in [0.1, 0.15) is 31.2 Å². The van der Waals surface area contributed by atoms with E-state index in [0.717, 1.165) is 24.2 Å². The van der Waals surface area contributed by atoms with E-state index < -0.39 is 4.92 Å². The van der Waals surface area contributed by atoms with E-state index in [1.54, 1.807) is 6.07 Å². The van der Waals surface area contributed by atoms with Crippen molar-refractivity contribution < 1.29 is 4.92 Å². The zero-order valence-electron chi connectivity index (χ0n) is 11.9. The van der Waals surface area contributed by atoms with E-state index in [1.807, 2.05) is 6.92 Å². The van der Waals surface area contributed by atoms with Crippen LogP contribution in [0.2, 0.25) is 0 Å². The largest absolute Gasteiger partial charge is 0.356 e. The van der Waals surface area contributed by atoms with Crippen LogP contribution in [0.4, 0.5) is 11.5 Å². The first kappa shape index (κ1) is 13.3. The molecule has 0 aromatic carbocycles. The van der Waals surface area contributed by atoms with E-state index in [-0.39, 0.29) is 5.69 Å². The van der Waals surface area contributed by atoms with Crippen molar-refractivity contribution in [1.29, 1.82) is 0 Å². The van der Waals surface area contributed by atoms with Gasteiger partial charge in [-0.3, -0.25) is 10.1 Å². The molecule has 0 aliphatic carbocycles. The Balaban J connectivity index is 1.80. The van der Waals surface area contributed by atoms with E-state index in [4.69, 9.17) is 0 Å². The standard InChI is InChI=1S/C14H20N4O2/c1-9-5-13(18(19)20)8-15-14(9)17(2)12-6-10-3-4-11(7-12)16-10/h5,8,10-12,16H,3-4,6-7H2,1-2H3.